The second kappa shape index (κ2) is 66.3. The molecule has 2 fully saturated rings. The van der Waals surface area contributed by atoms with Gasteiger partial charge in [-0.1, -0.05) is 387 Å². The van der Waals surface area contributed by atoms with E-state index in [2.05, 4.69) is 27.7 Å². The van der Waals surface area contributed by atoms with Crippen LogP contribution < -0.4 is 0 Å². The highest BCUT2D eigenvalue weighted by atomic mass is 16.8. The van der Waals surface area contributed by atoms with Gasteiger partial charge in [0.2, 0.25) is 12.1 Å². The Morgan fingerprint density at radius 3 is 0.758 bits per heavy atom. The lowest BCUT2D eigenvalue weighted by molar-refractivity contribution is -0.384. The molecule has 2 heterocycles. The summed E-state index contributed by atoms with van der Waals surface area (Å²) in [6.45, 7) is 6.49. The molecule has 0 aromatic rings. The van der Waals surface area contributed by atoms with Crippen LogP contribution in [0.15, 0.2) is 0 Å². The van der Waals surface area contributed by atoms with Crippen molar-refractivity contribution in [1.29, 1.82) is 0 Å². The molecular formula is C84H158O15. The monoisotopic (exact) mass is 1410 g/mol. The van der Waals surface area contributed by atoms with Crippen LogP contribution in [0.25, 0.3) is 0 Å². The van der Waals surface area contributed by atoms with Gasteiger partial charge in [0, 0.05) is 25.7 Å². The Kier molecular flexibility index (Phi) is 62.1. The van der Waals surface area contributed by atoms with Gasteiger partial charge in [-0.15, -0.1) is 0 Å². The van der Waals surface area contributed by atoms with Crippen molar-refractivity contribution in [2.24, 2.45) is 0 Å². The van der Waals surface area contributed by atoms with Crippen LogP contribution in [0.2, 0.25) is 0 Å². The van der Waals surface area contributed by atoms with E-state index in [1.54, 1.807) is 0 Å². The third-order valence-electron chi connectivity index (χ3n) is 21.0. The van der Waals surface area contributed by atoms with Gasteiger partial charge in [0.1, 0.15) is 24.9 Å². The first-order chi connectivity index (χ1) is 48.5. The molecule has 15 heteroatoms. The maximum Gasteiger partial charge on any atom is 0.306 e. The molecular weight excluding hydrogens is 1250 g/mol. The van der Waals surface area contributed by atoms with Crippen LogP contribution in [0.5, 0.6) is 0 Å². The minimum atomic E-state index is -2.41. The number of hydrogen-bond acceptors (Lipinski definition) is 15. The Morgan fingerprint density at radius 1 is 0.293 bits per heavy atom. The third-order valence-corrected chi connectivity index (χ3v) is 21.0. The Bertz CT molecular complexity index is 1840. The van der Waals surface area contributed by atoms with E-state index in [4.69, 9.17) is 33.2 Å². The summed E-state index contributed by atoms with van der Waals surface area (Å²) >= 11 is 0. The Balaban J connectivity index is 2.26. The zero-order valence-corrected chi connectivity index (χ0v) is 64.8. The van der Waals surface area contributed by atoms with E-state index in [-0.39, 0.29) is 25.7 Å². The molecule has 15 nitrogen and oxygen atoms in total. The second-order valence-corrected chi connectivity index (χ2v) is 30.2. The number of esters is 4. The average Bonchev–Trinajstić information content (AvgIpc) is 1.66. The van der Waals surface area contributed by atoms with Crippen molar-refractivity contribution in [3.63, 3.8) is 0 Å². The van der Waals surface area contributed by atoms with Gasteiger partial charge in [-0.2, -0.15) is 0 Å². The number of aliphatic hydroxyl groups is 4. The summed E-state index contributed by atoms with van der Waals surface area (Å²) in [6.07, 6.45) is 57.3. The van der Waals surface area contributed by atoms with Gasteiger partial charge in [-0.3, -0.25) is 19.2 Å². The minimum absolute atomic E-state index is 0.00590. The number of unbranched alkanes of at least 4 members (excludes halogenated alkanes) is 56. The summed E-state index contributed by atoms with van der Waals surface area (Å²) in [5.41, 5.74) is 0. The van der Waals surface area contributed by atoms with Crippen LogP contribution in [0.1, 0.15) is 439 Å². The predicted octanol–water partition coefficient (Wildman–Crippen LogP) is 21.9. The molecule has 9 atom stereocenters. The van der Waals surface area contributed by atoms with Gasteiger partial charge in [0.05, 0.1) is 13.2 Å². The molecule has 2 saturated heterocycles. The first kappa shape index (κ1) is 92.7. The largest absolute Gasteiger partial charge is 0.455 e. The number of rotatable bonds is 73. The number of aliphatic hydroxyl groups excluding tert-OH is 4. The smallest absolute Gasteiger partial charge is 0.306 e. The third kappa shape index (κ3) is 47.6. The van der Waals surface area contributed by atoms with E-state index in [1.165, 1.54) is 257 Å². The molecule has 0 aromatic carbocycles. The topological polar surface area (TPSA) is 214 Å². The van der Waals surface area contributed by atoms with Crippen molar-refractivity contribution in [2.75, 3.05) is 19.8 Å². The summed E-state index contributed by atoms with van der Waals surface area (Å²) in [5.74, 6) is -4.98. The van der Waals surface area contributed by atoms with Crippen molar-refractivity contribution in [2.45, 2.75) is 493 Å². The molecule has 584 valence electrons. The van der Waals surface area contributed by atoms with Gasteiger partial charge in [0.15, 0.2) is 24.4 Å². The van der Waals surface area contributed by atoms with Gasteiger partial charge in [-0.05, 0) is 25.7 Å². The molecule has 0 spiro atoms. The van der Waals surface area contributed by atoms with Crippen LogP contribution >= 0.6 is 0 Å². The molecule has 99 heavy (non-hydrogen) atoms. The predicted molar refractivity (Wildman–Crippen MR) is 402 cm³/mol. The average molecular weight is 1410 g/mol. The first-order valence-corrected chi connectivity index (χ1v) is 42.8. The Hall–Kier alpha value is -2.40. The number of hydrogen-bond donors (Lipinski definition) is 4. The zero-order chi connectivity index (χ0) is 71.8. The molecule has 4 N–H and O–H groups in total. The molecule has 2 aliphatic rings. The van der Waals surface area contributed by atoms with Crippen molar-refractivity contribution < 1.29 is 72.8 Å². The summed E-state index contributed by atoms with van der Waals surface area (Å²) in [7, 11) is 0. The highest BCUT2D eigenvalue weighted by molar-refractivity contribution is 5.71. The quantitative estimate of drug-likeness (QED) is 0.0253. The van der Waals surface area contributed by atoms with Crippen LogP contribution in [0.4, 0.5) is 0 Å². The molecule has 0 amide bonds. The maximum absolute atomic E-state index is 14.1. The van der Waals surface area contributed by atoms with E-state index >= 15 is 0 Å². The van der Waals surface area contributed by atoms with E-state index in [1.807, 2.05) is 0 Å². The lowest BCUT2D eigenvalue weighted by Gasteiger charge is -2.45. The number of ether oxygens (including phenoxy) is 7. The van der Waals surface area contributed by atoms with Crippen molar-refractivity contribution >= 4 is 23.9 Å². The summed E-state index contributed by atoms with van der Waals surface area (Å²) in [4.78, 5) is 55.9. The molecule has 0 bridgehead atoms. The van der Waals surface area contributed by atoms with Crippen LogP contribution in [-0.2, 0) is 52.3 Å². The van der Waals surface area contributed by atoms with E-state index < -0.39 is 98.5 Å². The van der Waals surface area contributed by atoms with Crippen LogP contribution in [-0.4, -0.2) is 119 Å². The fourth-order valence-electron chi connectivity index (χ4n) is 14.5. The van der Waals surface area contributed by atoms with Gasteiger partial charge < -0.3 is 53.6 Å². The SMILES string of the molecule is CCCCCCCCCCCCCCCCCC(=O)O[C@@H]1[C@@H](CO)O[C@@](CO)(O[C@H]2O[C@H](CO)[C@@H](O)[C@H](OC(=O)CCCCCCCCCCCCCCCCC)[C@H]2OC(=O)CCCCCCCCCCCCCCCCC)[C@H]1OC(=O)CCCCCCCCCCCCCCCCC. The van der Waals surface area contributed by atoms with Crippen molar-refractivity contribution in [3.05, 3.63) is 0 Å². The molecule has 2 rings (SSSR count). The molecule has 2 aliphatic heterocycles. The van der Waals surface area contributed by atoms with Crippen molar-refractivity contribution in [3.8, 4) is 0 Å². The van der Waals surface area contributed by atoms with Gasteiger partial charge in [0.25, 0.3) is 0 Å². The molecule has 0 radical (unpaired) electrons. The number of carbonyl (C=O) groups is 4. The zero-order valence-electron chi connectivity index (χ0n) is 64.8. The normalized spacial score (nSPS) is 20.8. The molecule has 0 aromatic heterocycles. The lowest BCUT2D eigenvalue weighted by atomic mass is 9.97. The van der Waals surface area contributed by atoms with Gasteiger partial charge in [-0.25, -0.2) is 0 Å². The second-order valence-electron chi connectivity index (χ2n) is 30.2. The highest BCUT2D eigenvalue weighted by Crippen LogP contribution is 2.41. The minimum Gasteiger partial charge on any atom is -0.455 e. The summed E-state index contributed by atoms with van der Waals surface area (Å²) in [6, 6.07) is 0. The standard InChI is InChI=1S/C84H158O15/c1-5-9-13-17-21-25-29-33-37-41-45-49-53-57-61-65-74(88)94-79-73(70-86)98-84(71-87,82(79)97-77(91)68-64-60-56-52-48-44-40-36-32-28-24-20-16-12-8-4)99-83-81(96-76(90)67-63-59-55-51-47-43-39-35-31-27-23-19-15-11-7-3)80(78(92)72(69-85)93-83)95-75(89)66-62-58-54-50-46-42-38-34-30-26-22-18-14-10-6-2/h72-73,78-83,85-87,92H,5-71H2,1-4H3/t72-,73-,78-,79-,80+,81-,82+,83-,84+/m1/s1. The van der Waals surface area contributed by atoms with Crippen LogP contribution in [0.3, 0.4) is 0 Å². The van der Waals surface area contributed by atoms with Crippen LogP contribution in [0, 0.1) is 0 Å². The summed E-state index contributed by atoms with van der Waals surface area (Å²) < 4.78 is 43.8. The van der Waals surface area contributed by atoms with Gasteiger partial charge >= 0.3 is 23.9 Å². The highest BCUT2D eigenvalue weighted by Gasteiger charge is 2.63. The maximum atomic E-state index is 14.1. The molecule has 0 unspecified atom stereocenters. The lowest BCUT2D eigenvalue weighted by Crippen LogP contribution is -2.65. The Morgan fingerprint density at radius 2 is 0.515 bits per heavy atom. The van der Waals surface area contributed by atoms with E-state index in [9.17, 15) is 39.6 Å². The molecule has 0 saturated carbocycles. The van der Waals surface area contributed by atoms with E-state index in [0.29, 0.717) is 25.7 Å². The van der Waals surface area contributed by atoms with Crippen molar-refractivity contribution in [1.82, 2.24) is 0 Å². The fraction of sp³-hybridized carbons (Fsp3) is 0.952. The van der Waals surface area contributed by atoms with E-state index in [0.717, 1.165) is 103 Å². The Labute approximate surface area is 607 Å². The molecule has 0 aliphatic carbocycles. The fourth-order valence-corrected chi connectivity index (χ4v) is 14.5. The first-order valence-electron chi connectivity index (χ1n) is 42.8. The summed E-state index contributed by atoms with van der Waals surface area (Å²) in [5, 5.41) is 45.1. The number of carbonyl (C=O) groups excluding carboxylic acids is 4.